The number of carboxylic acids is 1. The van der Waals surface area contributed by atoms with E-state index < -0.39 is 23.5 Å². The summed E-state index contributed by atoms with van der Waals surface area (Å²) in [7, 11) is 2.11. The smallest absolute Gasteiger partial charge is 0.306 e. The Labute approximate surface area is 267 Å². The number of nitrogens with zero attached hydrogens (tertiary/aromatic N) is 1. The number of nitrogens with one attached hydrogen (secondary N) is 1. The summed E-state index contributed by atoms with van der Waals surface area (Å²) >= 11 is 0. The van der Waals surface area contributed by atoms with Crippen molar-refractivity contribution in [3.63, 3.8) is 0 Å². The quantitative estimate of drug-likeness (QED) is 0.155. The van der Waals surface area contributed by atoms with Crippen LogP contribution >= 0.6 is 9.24 Å². The Morgan fingerprint density at radius 3 is 2.05 bits per heavy atom. The zero-order valence-electron chi connectivity index (χ0n) is 28.1. The molecule has 0 bridgehead atoms. The largest absolute Gasteiger partial charge is 0.481 e. The number of aryl methyl sites for hydroxylation is 1. The number of aliphatic carboxylic acids is 1. The van der Waals surface area contributed by atoms with Crippen LogP contribution in [0.25, 0.3) is 6.08 Å². The lowest BCUT2D eigenvalue weighted by atomic mass is 9.85. The fraction of sp³-hybridized carbons (Fsp3) is 0.556. The molecular formula is C36H57F2N2O3P. The Hall–Kier alpha value is -2.79. The first kappa shape index (κ1) is 41.2. The molecule has 3 rings (SSSR count). The van der Waals surface area contributed by atoms with Gasteiger partial charge in [-0.15, -0.1) is 15.8 Å². The molecule has 1 amide bonds. The summed E-state index contributed by atoms with van der Waals surface area (Å²) in [6.07, 6.45) is 17.8. The van der Waals surface area contributed by atoms with E-state index in [-0.39, 0.29) is 17.1 Å². The van der Waals surface area contributed by atoms with E-state index in [1.165, 1.54) is 61.4 Å². The maximum absolute atomic E-state index is 13.3. The molecule has 1 fully saturated rings. The minimum absolute atomic E-state index is 0.0707. The van der Waals surface area contributed by atoms with E-state index in [1.54, 1.807) is 11.8 Å². The Morgan fingerprint density at radius 1 is 1.09 bits per heavy atom. The van der Waals surface area contributed by atoms with Gasteiger partial charge in [0.15, 0.2) is 11.6 Å². The van der Waals surface area contributed by atoms with Crippen molar-refractivity contribution in [3.8, 4) is 0 Å². The lowest BCUT2D eigenvalue weighted by Gasteiger charge is -2.33. The van der Waals surface area contributed by atoms with Crippen molar-refractivity contribution in [2.24, 2.45) is 11.8 Å². The Morgan fingerprint density at radius 2 is 1.64 bits per heavy atom. The second-order valence-corrected chi connectivity index (χ2v) is 11.9. The number of aromatic nitrogens is 1. The summed E-state index contributed by atoms with van der Waals surface area (Å²) in [6, 6.07) is 2.47. The van der Waals surface area contributed by atoms with Gasteiger partial charge in [0, 0.05) is 36.9 Å². The van der Waals surface area contributed by atoms with Gasteiger partial charge in [-0.25, -0.2) is 8.78 Å². The van der Waals surface area contributed by atoms with Crippen molar-refractivity contribution < 1.29 is 23.5 Å². The van der Waals surface area contributed by atoms with Crippen LogP contribution in [-0.2, 0) is 9.59 Å². The van der Waals surface area contributed by atoms with Crippen LogP contribution in [0.2, 0.25) is 0 Å². The second kappa shape index (κ2) is 23.6. The molecule has 2 atom stereocenters. The normalized spacial score (nSPS) is 13.7. The first-order valence-corrected chi connectivity index (χ1v) is 16.7. The number of rotatable bonds is 10. The molecule has 1 aliphatic rings. The molecule has 1 aromatic carbocycles. The van der Waals surface area contributed by atoms with E-state index >= 15 is 0 Å². The average Bonchev–Trinajstić information content (AvgIpc) is 3.44. The Balaban J connectivity index is 0.000000771. The molecule has 2 N–H and O–H groups in total. The zero-order valence-corrected chi connectivity index (χ0v) is 29.3. The first-order chi connectivity index (χ1) is 20.9. The van der Waals surface area contributed by atoms with Gasteiger partial charge in [-0.2, -0.15) is 0 Å². The van der Waals surface area contributed by atoms with Crippen molar-refractivity contribution in [1.29, 1.82) is 0 Å². The fourth-order valence-electron chi connectivity index (χ4n) is 4.87. The number of halogens is 2. The molecule has 0 aliphatic carbocycles. The van der Waals surface area contributed by atoms with Gasteiger partial charge in [0.1, 0.15) is 0 Å². The maximum Gasteiger partial charge on any atom is 0.306 e. The van der Waals surface area contributed by atoms with Crippen LogP contribution in [0.3, 0.4) is 0 Å². The topological polar surface area (TPSA) is 73.4 Å². The van der Waals surface area contributed by atoms with Crippen LogP contribution in [0, 0.1) is 30.4 Å². The number of benzene rings is 1. The van der Waals surface area contributed by atoms with E-state index in [0.29, 0.717) is 31.5 Å². The summed E-state index contributed by atoms with van der Waals surface area (Å²) in [6.45, 7) is 19.2. The average molecular weight is 635 g/mol. The molecule has 5 nitrogen and oxygen atoms in total. The van der Waals surface area contributed by atoms with Gasteiger partial charge in [-0.3, -0.25) is 9.59 Å². The molecule has 8 heteroatoms. The van der Waals surface area contributed by atoms with E-state index in [1.807, 2.05) is 6.08 Å². The van der Waals surface area contributed by atoms with E-state index in [9.17, 15) is 18.4 Å². The molecule has 1 aromatic heterocycles. The molecule has 0 radical (unpaired) electrons. The molecule has 0 spiro atoms. The summed E-state index contributed by atoms with van der Waals surface area (Å²) in [4.78, 5) is 28.0. The number of allylic oxidation sites excluding steroid dienone is 1. The number of hydrogen-bond donors (Lipinski definition) is 2. The second-order valence-electron chi connectivity index (χ2n) is 11.3. The molecule has 2 aromatic rings. The van der Waals surface area contributed by atoms with Gasteiger partial charge in [0.25, 0.3) is 0 Å². The van der Waals surface area contributed by atoms with Gasteiger partial charge in [-0.1, -0.05) is 66.9 Å². The standard InChI is InChI=1S/C17H20F2NO3P.C12H21N.C4H8.C3H8/c1-10(17(22)23)12-4-6-20(7-5-12)15(21)3-2-11-8-13(18)16(19)14(24)9-11;1-4-6-11(7-5-2)12-9-13-8-10(12)3;1-3-4-2;1-3-2/h2-3,8-10,12H,4-7,24H2,1H3,(H,22,23);8-9,11,13H,4-7H2,1-3H3;3H,1,4H2,2H3;3H2,1-2H3/b3-2+;;;. The summed E-state index contributed by atoms with van der Waals surface area (Å²) in [5, 5.41) is 9.14. The number of hydrogen-bond acceptors (Lipinski definition) is 2. The summed E-state index contributed by atoms with van der Waals surface area (Å²) in [5.74, 6) is -2.48. The highest BCUT2D eigenvalue weighted by molar-refractivity contribution is 7.27. The number of likely N-dealkylation sites (tertiary alicyclic amines) is 1. The van der Waals surface area contributed by atoms with Crippen LogP contribution in [-0.4, -0.2) is 40.0 Å². The van der Waals surface area contributed by atoms with Gasteiger partial charge in [0.05, 0.1) is 5.92 Å². The molecule has 2 unspecified atom stereocenters. The first-order valence-electron chi connectivity index (χ1n) is 16.1. The minimum atomic E-state index is -0.960. The summed E-state index contributed by atoms with van der Waals surface area (Å²) in [5.41, 5.74) is 3.36. The Bertz CT molecular complexity index is 1110. The van der Waals surface area contributed by atoms with Crippen LogP contribution in [0.15, 0.2) is 43.3 Å². The lowest BCUT2D eigenvalue weighted by Crippen LogP contribution is -2.40. The third-order valence-corrected chi connectivity index (χ3v) is 7.86. The minimum Gasteiger partial charge on any atom is -0.481 e. The highest BCUT2D eigenvalue weighted by Crippen LogP contribution is 2.28. The van der Waals surface area contributed by atoms with Crippen LogP contribution in [0.5, 0.6) is 0 Å². The molecule has 0 saturated carbocycles. The summed E-state index contributed by atoms with van der Waals surface area (Å²) < 4.78 is 26.6. The van der Waals surface area contributed by atoms with E-state index in [4.69, 9.17) is 5.11 Å². The van der Waals surface area contributed by atoms with Crippen molar-refractivity contribution in [2.75, 3.05) is 13.1 Å². The number of H-pyrrole nitrogens is 1. The van der Waals surface area contributed by atoms with Crippen molar-refractivity contribution in [3.05, 3.63) is 71.6 Å². The van der Waals surface area contributed by atoms with Crippen LogP contribution in [0.4, 0.5) is 8.78 Å². The highest BCUT2D eigenvalue weighted by atomic mass is 31.0. The van der Waals surface area contributed by atoms with Gasteiger partial charge in [0.2, 0.25) is 5.91 Å². The fourth-order valence-corrected chi connectivity index (χ4v) is 5.20. The van der Waals surface area contributed by atoms with Crippen LogP contribution in [0.1, 0.15) is 116 Å². The van der Waals surface area contributed by atoms with Crippen molar-refractivity contribution in [1.82, 2.24) is 9.88 Å². The molecule has 1 saturated heterocycles. The lowest BCUT2D eigenvalue weighted by molar-refractivity contribution is -0.143. The number of carbonyl (C=O) groups excluding carboxylic acids is 1. The van der Waals surface area contributed by atoms with E-state index in [0.717, 1.165) is 18.4 Å². The third-order valence-electron chi connectivity index (χ3n) is 7.44. The van der Waals surface area contributed by atoms with Gasteiger partial charge >= 0.3 is 5.97 Å². The Kier molecular flexibility index (Phi) is 22.1. The molecular weight excluding hydrogens is 577 g/mol. The molecule has 1 aliphatic heterocycles. The zero-order chi connectivity index (χ0) is 33.7. The van der Waals surface area contributed by atoms with Gasteiger partial charge in [-0.05, 0) is 85.8 Å². The SMILES string of the molecule is C=CCC.CC(C(=O)O)C1CCN(C(=O)/C=C/c2cc(F)c(F)c(P)c2)CC1.CCC.CCCC(CCC)c1c[nH]cc1C. The predicted octanol–water partition coefficient (Wildman–Crippen LogP) is 9.44. The predicted molar refractivity (Wildman–Crippen MR) is 185 cm³/mol. The monoisotopic (exact) mass is 634 g/mol. The van der Waals surface area contributed by atoms with Crippen molar-refractivity contribution >= 4 is 32.5 Å². The van der Waals surface area contributed by atoms with Gasteiger partial charge < -0.3 is 15.0 Å². The van der Waals surface area contributed by atoms with Crippen LogP contribution < -0.4 is 5.30 Å². The van der Waals surface area contributed by atoms with E-state index in [2.05, 4.69) is 74.7 Å². The number of carboxylic acid groups (broad SMARTS) is 1. The molecule has 248 valence electrons. The third kappa shape index (κ3) is 15.3. The number of aromatic amines is 1. The number of piperidine rings is 1. The molecule has 44 heavy (non-hydrogen) atoms. The molecule has 2 heterocycles. The number of amides is 1. The number of carbonyl (C=O) groups is 2. The maximum atomic E-state index is 13.3. The highest BCUT2D eigenvalue weighted by Gasteiger charge is 2.29. The van der Waals surface area contributed by atoms with Crippen molar-refractivity contribution in [2.45, 2.75) is 106 Å².